The molecule has 0 unspecified atom stereocenters. The average Bonchev–Trinajstić information content (AvgIpc) is 2.47. The van der Waals surface area contributed by atoms with Crippen LogP contribution in [0.4, 0.5) is 5.69 Å². The SMILES string of the molecule is C=Cc1ccc(CC)c(N(CCCC)CCCC)c1. The van der Waals surface area contributed by atoms with E-state index in [-0.39, 0.29) is 0 Å². The number of hydrogen-bond donors (Lipinski definition) is 0. The van der Waals surface area contributed by atoms with Crippen molar-refractivity contribution in [2.75, 3.05) is 18.0 Å². The summed E-state index contributed by atoms with van der Waals surface area (Å²) in [6.07, 6.45) is 8.09. The molecular formula is C18H29N. The molecule has 1 heteroatoms. The Kier molecular flexibility index (Phi) is 7.32. The van der Waals surface area contributed by atoms with E-state index in [9.17, 15) is 0 Å². The first-order chi connectivity index (χ1) is 9.26. The van der Waals surface area contributed by atoms with Crippen LogP contribution < -0.4 is 4.90 Å². The first-order valence-corrected chi connectivity index (χ1v) is 7.77. The minimum absolute atomic E-state index is 1.10. The second kappa shape index (κ2) is 8.79. The molecular weight excluding hydrogens is 230 g/mol. The van der Waals surface area contributed by atoms with Gasteiger partial charge in [-0.15, -0.1) is 0 Å². The quantitative estimate of drug-likeness (QED) is 0.582. The molecule has 0 atom stereocenters. The van der Waals surface area contributed by atoms with Gasteiger partial charge in [0.2, 0.25) is 0 Å². The first-order valence-electron chi connectivity index (χ1n) is 7.77. The van der Waals surface area contributed by atoms with Crippen LogP contribution in [-0.4, -0.2) is 13.1 Å². The summed E-state index contributed by atoms with van der Waals surface area (Å²) in [4.78, 5) is 2.57. The van der Waals surface area contributed by atoms with Crippen molar-refractivity contribution in [2.24, 2.45) is 0 Å². The zero-order chi connectivity index (χ0) is 14.1. The molecule has 0 N–H and O–H groups in total. The number of nitrogens with zero attached hydrogens (tertiary/aromatic N) is 1. The van der Waals surface area contributed by atoms with E-state index in [0.717, 1.165) is 6.42 Å². The fourth-order valence-corrected chi connectivity index (χ4v) is 2.35. The van der Waals surface area contributed by atoms with Crippen LogP contribution in [0.25, 0.3) is 6.08 Å². The number of rotatable bonds is 9. The van der Waals surface area contributed by atoms with Crippen molar-refractivity contribution in [3.05, 3.63) is 35.9 Å². The lowest BCUT2D eigenvalue weighted by molar-refractivity contribution is 0.675. The fourth-order valence-electron chi connectivity index (χ4n) is 2.35. The van der Waals surface area contributed by atoms with E-state index in [1.165, 1.54) is 55.6 Å². The average molecular weight is 259 g/mol. The highest BCUT2D eigenvalue weighted by Crippen LogP contribution is 2.24. The molecule has 1 aromatic rings. The van der Waals surface area contributed by atoms with Gasteiger partial charge in [0.05, 0.1) is 0 Å². The van der Waals surface area contributed by atoms with Crippen LogP contribution in [-0.2, 0) is 6.42 Å². The van der Waals surface area contributed by atoms with Crippen molar-refractivity contribution in [3.8, 4) is 0 Å². The normalized spacial score (nSPS) is 10.5. The third kappa shape index (κ3) is 4.74. The van der Waals surface area contributed by atoms with Crippen LogP contribution in [0.15, 0.2) is 24.8 Å². The van der Waals surface area contributed by atoms with Crippen LogP contribution in [0.2, 0.25) is 0 Å². The van der Waals surface area contributed by atoms with Gasteiger partial charge in [-0.1, -0.05) is 58.4 Å². The number of hydrogen-bond acceptors (Lipinski definition) is 1. The molecule has 0 saturated carbocycles. The van der Waals surface area contributed by atoms with Gasteiger partial charge in [-0.2, -0.15) is 0 Å². The summed E-state index contributed by atoms with van der Waals surface area (Å²) in [6, 6.07) is 6.74. The van der Waals surface area contributed by atoms with E-state index in [0.29, 0.717) is 0 Å². The van der Waals surface area contributed by atoms with Gasteiger partial charge in [-0.3, -0.25) is 0 Å². The molecule has 106 valence electrons. The Morgan fingerprint density at radius 3 is 2.16 bits per heavy atom. The van der Waals surface area contributed by atoms with Gasteiger partial charge in [0.1, 0.15) is 0 Å². The minimum Gasteiger partial charge on any atom is -0.371 e. The lowest BCUT2D eigenvalue weighted by atomic mass is 10.0. The molecule has 0 saturated heterocycles. The smallest absolute Gasteiger partial charge is 0.0404 e. The highest BCUT2D eigenvalue weighted by molar-refractivity contribution is 5.61. The van der Waals surface area contributed by atoms with E-state index in [4.69, 9.17) is 0 Å². The van der Waals surface area contributed by atoms with Crippen molar-refractivity contribution in [1.29, 1.82) is 0 Å². The lowest BCUT2D eigenvalue weighted by Gasteiger charge is -2.27. The van der Waals surface area contributed by atoms with Gasteiger partial charge in [0, 0.05) is 18.8 Å². The van der Waals surface area contributed by atoms with Crippen molar-refractivity contribution in [3.63, 3.8) is 0 Å². The van der Waals surface area contributed by atoms with Crippen LogP contribution in [0.3, 0.4) is 0 Å². The maximum absolute atomic E-state index is 3.89. The molecule has 0 aliphatic rings. The molecule has 0 bridgehead atoms. The zero-order valence-corrected chi connectivity index (χ0v) is 12.9. The minimum atomic E-state index is 1.10. The molecule has 0 heterocycles. The second-order valence-electron chi connectivity index (χ2n) is 5.14. The number of aryl methyl sites for hydroxylation is 1. The maximum atomic E-state index is 3.89. The molecule has 19 heavy (non-hydrogen) atoms. The van der Waals surface area contributed by atoms with Gasteiger partial charge < -0.3 is 4.90 Å². The summed E-state index contributed by atoms with van der Waals surface area (Å²) in [6.45, 7) is 13.0. The number of anilines is 1. The summed E-state index contributed by atoms with van der Waals surface area (Å²) in [5.74, 6) is 0. The number of benzene rings is 1. The molecule has 0 aliphatic carbocycles. The molecule has 0 amide bonds. The maximum Gasteiger partial charge on any atom is 0.0404 e. The Bertz CT molecular complexity index is 373. The first kappa shape index (κ1) is 15.8. The van der Waals surface area contributed by atoms with E-state index in [1.807, 2.05) is 6.08 Å². The van der Waals surface area contributed by atoms with Crippen molar-refractivity contribution in [1.82, 2.24) is 0 Å². The highest BCUT2D eigenvalue weighted by atomic mass is 15.1. The standard InChI is InChI=1S/C18H29N/c1-5-9-13-19(14-10-6-2)18-15-16(7-3)11-12-17(18)8-4/h7,11-12,15H,3,5-6,8-10,13-14H2,1-2,4H3. The van der Waals surface area contributed by atoms with Crippen molar-refractivity contribution >= 4 is 11.8 Å². The summed E-state index contributed by atoms with van der Waals surface area (Å²) in [5.41, 5.74) is 4.10. The van der Waals surface area contributed by atoms with Crippen LogP contribution in [0.1, 0.15) is 57.6 Å². The summed E-state index contributed by atoms with van der Waals surface area (Å²) >= 11 is 0. The van der Waals surface area contributed by atoms with Gasteiger partial charge in [-0.25, -0.2) is 0 Å². The number of unbranched alkanes of at least 4 members (excludes halogenated alkanes) is 2. The Labute approximate surface area is 119 Å². The summed E-state index contributed by atoms with van der Waals surface area (Å²) in [7, 11) is 0. The second-order valence-corrected chi connectivity index (χ2v) is 5.14. The summed E-state index contributed by atoms with van der Waals surface area (Å²) < 4.78 is 0. The predicted octanol–water partition coefficient (Wildman–Crippen LogP) is 5.30. The third-order valence-corrected chi connectivity index (χ3v) is 3.63. The van der Waals surface area contributed by atoms with Gasteiger partial charge in [0.15, 0.2) is 0 Å². The van der Waals surface area contributed by atoms with E-state index in [1.54, 1.807) is 0 Å². The Hall–Kier alpha value is -1.24. The molecule has 0 radical (unpaired) electrons. The highest BCUT2D eigenvalue weighted by Gasteiger charge is 2.10. The molecule has 1 nitrogen and oxygen atoms in total. The third-order valence-electron chi connectivity index (χ3n) is 3.63. The summed E-state index contributed by atoms with van der Waals surface area (Å²) in [5, 5.41) is 0. The topological polar surface area (TPSA) is 3.24 Å². The van der Waals surface area contributed by atoms with Crippen LogP contribution in [0.5, 0.6) is 0 Å². The largest absolute Gasteiger partial charge is 0.371 e. The zero-order valence-electron chi connectivity index (χ0n) is 12.9. The molecule has 0 aromatic heterocycles. The van der Waals surface area contributed by atoms with Gasteiger partial charge >= 0.3 is 0 Å². The van der Waals surface area contributed by atoms with E-state index in [2.05, 4.69) is 50.4 Å². The van der Waals surface area contributed by atoms with Gasteiger partial charge in [-0.05, 0) is 36.5 Å². The Morgan fingerprint density at radius 1 is 1.05 bits per heavy atom. The Balaban J connectivity index is 2.99. The van der Waals surface area contributed by atoms with Crippen LogP contribution >= 0.6 is 0 Å². The monoisotopic (exact) mass is 259 g/mol. The lowest BCUT2D eigenvalue weighted by Crippen LogP contribution is -2.26. The fraction of sp³-hybridized carbons (Fsp3) is 0.556. The molecule has 0 spiro atoms. The van der Waals surface area contributed by atoms with Gasteiger partial charge in [0.25, 0.3) is 0 Å². The Morgan fingerprint density at radius 2 is 1.68 bits per heavy atom. The van der Waals surface area contributed by atoms with E-state index < -0.39 is 0 Å². The van der Waals surface area contributed by atoms with Crippen molar-refractivity contribution < 1.29 is 0 Å². The molecule has 0 fully saturated rings. The van der Waals surface area contributed by atoms with E-state index >= 15 is 0 Å². The molecule has 1 aromatic carbocycles. The van der Waals surface area contributed by atoms with Crippen molar-refractivity contribution in [2.45, 2.75) is 52.9 Å². The predicted molar refractivity (Wildman–Crippen MR) is 87.9 cm³/mol. The van der Waals surface area contributed by atoms with Crippen LogP contribution in [0, 0.1) is 0 Å². The molecule has 0 aliphatic heterocycles. The molecule has 1 rings (SSSR count).